The zero-order valence-electron chi connectivity index (χ0n) is 23.4. The predicted octanol–water partition coefficient (Wildman–Crippen LogP) is 1.02. The number of nitrogens with two attached hydrogens (primary N) is 1. The lowest BCUT2D eigenvalue weighted by Crippen LogP contribution is -2.52. The lowest BCUT2D eigenvalue weighted by atomic mass is 10.0. The van der Waals surface area contributed by atoms with Crippen molar-refractivity contribution in [3.05, 3.63) is 59.2 Å². The number of imide groups is 1. The number of likely N-dealkylation sites (tertiary alicyclic amines) is 1. The highest BCUT2D eigenvalue weighted by Crippen LogP contribution is 2.38. The number of piperazine rings is 1. The Morgan fingerprint density at radius 3 is 2.48 bits per heavy atom. The van der Waals surface area contributed by atoms with Crippen molar-refractivity contribution in [2.45, 2.75) is 74.3 Å². The van der Waals surface area contributed by atoms with E-state index in [1.807, 2.05) is 30.3 Å². The SMILES string of the molecule is NC1CCN(S(=O)(=O)c2cccc(CN3CC4CC3CN4c3ccc4c(c3)CN(C3CCC(=O)NC3=O)C4=O)c2)CC1. The van der Waals surface area contributed by atoms with Crippen molar-refractivity contribution < 1.29 is 22.8 Å². The summed E-state index contributed by atoms with van der Waals surface area (Å²) in [6.07, 6.45) is 2.99. The average molecular weight is 593 g/mol. The molecule has 0 saturated carbocycles. The average Bonchev–Trinajstić information content (AvgIpc) is 3.66. The molecule has 5 aliphatic heterocycles. The van der Waals surface area contributed by atoms with Gasteiger partial charge in [0.1, 0.15) is 6.04 Å². The molecule has 0 radical (unpaired) electrons. The molecule has 2 aromatic rings. The number of nitrogens with one attached hydrogen (secondary N) is 1. The van der Waals surface area contributed by atoms with E-state index in [0.29, 0.717) is 68.0 Å². The van der Waals surface area contributed by atoms with Crippen molar-refractivity contribution in [1.29, 1.82) is 0 Å². The minimum atomic E-state index is -3.54. The standard InChI is InChI=1S/C30H36N6O5S/c31-21-8-10-34(11-9-21)42(40,41)25-3-1-2-19(12-25)15-33-17-24-14-23(33)18-35(24)22-4-5-26-20(13-22)16-36(30(26)39)27-6-7-28(37)32-29(27)38/h1-5,12-13,21,23-24,27H,6-11,14-18,31H2,(H,32,37,38). The van der Waals surface area contributed by atoms with Crippen LogP contribution in [0.15, 0.2) is 47.4 Å². The van der Waals surface area contributed by atoms with Gasteiger partial charge in [-0.3, -0.25) is 24.6 Å². The Labute approximate surface area is 245 Å². The fourth-order valence-electron chi connectivity index (χ4n) is 7.30. The maximum absolute atomic E-state index is 13.3. The third kappa shape index (κ3) is 4.80. The molecule has 0 aliphatic carbocycles. The number of hydrogen-bond acceptors (Lipinski definition) is 8. The maximum atomic E-state index is 13.3. The minimum Gasteiger partial charge on any atom is -0.366 e. The van der Waals surface area contributed by atoms with Gasteiger partial charge < -0.3 is 15.5 Å². The quantitative estimate of drug-likeness (QED) is 0.475. The Hall–Kier alpha value is -3.32. The molecule has 2 aromatic carbocycles. The number of amides is 3. The zero-order chi connectivity index (χ0) is 29.2. The van der Waals surface area contributed by atoms with Gasteiger partial charge in [-0.25, -0.2) is 8.42 Å². The van der Waals surface area contributed by atoms with Crippen LogP contribution in [0, 0.1) is 0 Å². The molecule has 4 fully saturated rings. The second-order valence-corrected chi connectivity index (χ2v) is 14.2. The Bertz CT molecular complexity index is 1550. The molecule has 3 atom stereocenters. The highest BCUT2D eigenvalue weighted by molar-refractivity contribution is 7.89. The van der Waals surface area contributed by atoms with Crippen LogP contribution in [0.1, 0.15) is 53.6 Å². The van der Waals surface area contributed by atoms with Crippen LogP contribution in [0.4, 0.5) is 5.69 Å². The van der Waals surface area contributed by atoms with E-state index in [4.69, 9.17) is 5.73 Å². The lowest BCUT2D eigenvalue weighted by molar-refractivity contribution is -0.136. The number of nitrogens with zero attached hydrogens (tertiary/aromatic N) is 4. The van der Waals surface area contributed by atoms with Gasteiger partial charge in [-0.1, -0.05) is 12.1 Å². The molecular weight excluding hydrogens is 556 g/mol. The van der Waals surface area contributed by atoms with E-state index in [0.717, 1.165) is 36.3 Å². The summed E-state index contributed by atoms with van der Waals surface area (Å²) in [5, 5.41) is 2.36. The van der Waals surface area contributed by atoms with E-state index in [2.05, 4.69) is 21.2 Å². The van der Waals surface area contributed by atoms with Crippen LogP contribution in [-0.4, -0.2) is 90.6 Å². The van der Waals surface area contributed by atoms with Gasteiger partial charge in [0.2, 0.25) is 21.8 Å². The van der Waals surface area contributed by atoms with Gasteiger partial charge in [0.05, 0.1) is 4.90 Å². The predicted molar refractivity (Wildman–Crippen MR) is 155 cm³/mol. The Balaban J connectivity index is 1.00. The highest BCUT2D eigenvalue weighted by Gasteiger charge is 2.44. The number of piperidine rings is 2. The van der Waals surface area contributed by atoms with Crippen LogP contribution in [0.2, 0.25) is 0 Å². The van der Waals surface area contributed by atoms with Crippen LogP contribution in [-0.2, 0) is 32.7 Å². The fraction of sp³-hybridized carbons (Fsp3) is 0.500. The van der Waals surface area contributed by atoms with Gasteiger partial charge >= 0.3 is 0 Å². The van der Waals surface area contributed by atoms with Crippen molar-refractivity contribution in [3.8, 4) is 0 Å². The summed E-state index contributed by atoms with van der Waals surface area (Å²) in [6.45, 7) is 3.73. The monoisotopic (exact) mass is 592 g/mol. The van der Waals surface area contributed by atoms with Gasteiger partial charge in [-0.15, -0.1) is 0 Å². The van der Waals surface area contributed by atoms with Crippen LogP contribution in [0.3, 0.4) is 0 Å². The highest BCUT2D eigenvalue weighted by atomic mass is 32.2. The molecule has 3 unspecified atom stereocenters. The number of hydrogen-bond donors (Lipinski definition) is 2. The summed E-state index contributed by atoms with van der Waals surface area (Å²) >= 11 is 0. The number of carbonyl (C=O) groups is 3. The second-order valence-electron chi connectivity index (χ2n) is 12.3. The molecule has 5 heterocycles. The Kier molecular flexibility index (Phi) is 6.84. The summed E-state index contributed by atoms with van der Waals surface area (Å²) in [5.41, 5.74) is 9.58. The first-order chi connectivity index (χ1) is 20.2. The number of anilines is 1. The third-order valence-electron chi connectivity index (χ3n) is 9.61. The molecule has 12 heteroatoms. The Morgan fingerprint density at radius 1 is 0.929 bits per heavy atom. The number of carbonyl (C=O) groups excluding carboxylic acids is 3. The van der Waals surface area contributed by atoms with Crippen molar-refractivity contribution >= 4 is 33.4 Å². The Morgan fingerprint density at radius 2 is 1.74 bits per heavy atom. The largest absolute Gasteiger partial charge is 0.366 e. The van der Waals surface area contributed by atoms with Crippen LogP contribution in [0.5, 0.6) is 0 Å². The molecule has 42 heavy (non-hydrogen) atoms. The number of sulfonamides is 1. The number of benzene rings is 2. The molecule has 0 spiro atoms. The van der Waals surface area contributed by atoms with Crippen molar-refractivity contribution in [1.82, 2.24) is 19.4 Å². The van der Waals surface area contributed by atoms with E-state index in [1.54, 1.807) is 15.3 Å². The molecule has 5 aliphatic rings. The zero-order valence-corrected chi connectivity index (χ0v) is 24.3. The third-order valence-corrected chi connectivity index (χ3v) is 11.5. The molecule has 3 amide bonds. The minimum absolute atomic E-state index is 0.0692. The van der Waals surface area contributed by atoms with Crippen LogP contribution in [0.25, 0.3) is 0 Å². The smallest absolute Gasteiger partial charge is 0.255 e. The molecule has 222 valence electrons. The first-order valence-electron chi connectivity index (χ1n) is 14.8. The number of fused-ring (bicyclic) bond motifs is 3. The lowest BCUT2D eigenvalue weighted by Gasteiger charge is -2.36. The second kappa shape index (κ2) is 10.4. The van der Waals surface area contributed by atoms with Gasteiger partial charge in [-0.05, 0) is 67.1 Å². The summed E-state index contributed by atoms with van der Waals surface area (Å²) in [6, 6.07) is 13.4. The molecule has 0 aromatic heterocycles. The summed E-state index contributed by atoms with van der Waals surface area (Å²) in [7, 11) is -3.54. The normalized spacial score (nSPS) is 27.2. The topological polar surface area (TPSA) is 136 Å². The molecular formula is C30H36N6O5S. The van der Waals surface area contributed by atoms with E-state index < -0.39 is 22.0 Å². The van der Waals surface area contributed by atoms with Crippen LogP contribution < -0.4 is 16.0 Å². The molecule has 3 N–H and O–H groups in total. The van der Waals surface area contributed by atoms with Gasteiger partial charge in [0.25, 0.3) is 5.91 Å². The molecule has 4 saturated heterocycles. The molecule has 7 rings (SSSR count). The summed E-state index contributed by atoms with van der Waals surface area (Å²) in [4.78, 5) is 43.8. The van der Waals surface area contributed by atoms with E-state index in [1.165, 1.54) is 0 Å². The van der Waals surface area contributed by atoms with Gasteiger partial charge in [-0.2, -0.15) is 4.31 Å². The van der Waals surface area contributed by atoms with Gasteiger partial charge in [0, 0.05) is 75.1 Å². The van der Waals surface area contributed by atoms with E-state index >= 15 is 0 Å². The summed E-state index contributed by atoms with van der Waals surface area (Å²) < 4.78 is 28.1. The van der Waals surface area contributed by atoms with E-state index in [9.17, 15) is 22.8 Å². The number of rotatable bonds is 6. The van der Waals surface area contributed by atoms with E-state index in [-0.39, 0.29) is 24.3 Å². The summed E-state index contributed by atoms with van der Waals surface area (Å²) in [5.74, 6) is -0.848. The maximum Gasteiger partial charge on any atom is 0.255 e. The van der Waals surface area contributed by atoms with Crippen molar-refractivity contribution in [2.24, 2.45) is 5.73 Å². The molecule has 2 bridgehead atoms. The first kappa shape index (κ1) is 27.5. The first-order valence-corrected chi connectivity index (χ1v) is 16.2. The molecule has 11 nitrogen and oxygen atoms in total. The fourth-order valence-corrected chi connectivity index (χ4v) is 8.84. The van der Waals surface area contributed by atoms with Crippen molar-refractivity contribution in [2.75, 3.05) is 31.1 Å². The van der Waals surface area contributed by atoms with Crippen molar-refractivity contribution in [3.63, 3.8) is 0 Å². The van der Waals surface area contributed by atoms with Gasteiger partial charge in [0.15, 0.2) is 0 Å². The van der Waals surface area contributed by atoms with Crippen LogP contribution >= 0.6 is 0 Å².